The molecule has 18 heavy (non-hydrogen) atoms. The Morgan fingerprint density at radius 3 is 2.78 bits per heavy atom. The van der Waals surface area contributed by atoms with E-state index in [0.717, 1.165) is 29.3 Å². The molecule has 0 radical (unpaired) electrons. The normalized spacial score (nSPS) is 20.4. The minimum absolute atomic E-state index is 0.00757. The summed E-state index contributed by atoms with van der Waals surface area (Å²) in [5.74, 6) is 0.667. The highest BCUT2D eigenvalue weighted by atomic mass is 32.2. The summed E-state index contributed by atoms with van der Waals surface area (Å²) >= 11 is 2.67. The molecule has 0 saturated carbocycles. The summed E-state index contributed by atoms with van der Waals surface area (Å²) in [4.78, 5) is 10.9. The van der Waals surface area contributed by atoms with Gasteiger partial charge in [0.15, 0.2) is 0 Å². The van der Waals surface area contributed by atoms with Crippen molar-refractivity contribution in [2.75, 3.05) is 18.6 Å². The van der Waals surface area contributed by atoms with Crippen molar-refractivity contribution in [1.82, 2.24) is 4.31 Å². The van der Waals surface area contributed by atoms with Crippen LogP contribution in [0.25, 0.3) is 0 Å². The SMILES string of the molecule is CN(C1CCSC1)S(=O)(=O)c1csc(C(=O)O)c1. The predicted molar refractivity (Wildman–Crippen MR) is 72.0 cm³/mol. The van der Waals surface area contributed by atoms with E-state index in [9.17, 15) is 13.2 Å². The van der Waals surface area contributed by atoms with Gasteiger partial charge in [-0.25, -0.2) is 13.2 Å². The number of thioether (sulfide) groups is 1. The van der Waals surface area contributed by atoms with Crippen molar-refractivity contribution in [2.45, 2.75) is 17.4 Å². The van der Waals surface area contributed by atoms with Crippen molar-refractivity contribution in [3.63, 3.8) is 0 Å². The summed E-state index contributed by atoms with van der Waals surface area (Å²) < 4.78 is 25.9. The Bertz CT molecular complexity index is 545. The molecule has 0 spiro atoms. The quantitative estimate of drug-likeness (QED) is 0.914. The summed E-state index contributed by atoms with van der Waals surface area (Å²) in [7, 11) is -2.01. The lowest BCUT2D eigenvalue weighted by atomic mass is 10.3. The molecule has 2 heterocycles. The zero-order valence-electron chi connectivity index (χ0n) is 9.70. The van der Waals surface area contributed by atoms with Gasteiger partial charge >= 0.3 is 5.97 Å². The molecular formula is C10H13NO4S3. The first-order valence-corrected chi connectivity index (χ1v) is 8.78. The Kier molecular flexibility index (Phi) is 4.00. The highest BCUT2D eigenvalue weighted by Gasteiger charge is 2.31. The molecule has 0 aromatic carbocycles. The molecule has 0 aliphatic carbocycles. The van der Waals surface area contributed by atoms with Crippen LogP contribution in [0.5, 0.6) is 0 Å². The molecule has 1 aliphatic heterocycles. The number of hydrogen-bond acceptors (Lipinski definition) is 5. The molecule has 1 unspecified atom stereocenters. The van der Waals surface area contributed by atoms with Crippen LogP contribution in [-0.4, -0.2) is 48.4 Å². The van der Waals surface area contributed by atoms with Gasteiger partial charge in [0.05, 0.1) is 4.90 Å². The van der Waals surface area contributed by atoms with Crippen LogP contribution in [0.1, 0.15) is 16.1 Å². The van der Waals surface area contributed by atoms with Crippen LogP contribution in [0.4, 0.5) is 0 Å². The van der Waals surface area contributed by atoms with Crippen molar-refractivity contribution >= 4 is 39.1 Å². The fourth-order valence-electron chi connectivity index (χ4n) is 1.74. The summed E-state index contributed by atoms with van der Waals surface area (Å²) in [6.45, 7) is 0. The minimum Gasteiger partial charge on any atom is -0.477 e. The molecule has 1 aromatic heterocycles. The van der Waals surface area contributed by atoms with E-state index >= 15 is 0 Å². The summed E-state index contributed by atoms with van der Waals surface area (Å²) in [5, 5.41) is 10.2. The standard InChI is InChI=1S/C10H13NO4S3/c1-11(7-2-3-16-5-7)18(14,15)8-4-9(10(12)13)17-6-8/h4,6-7H,2-3,5H2,1H3,(H,12,13). The predicted octanol–water partition coefficient (Wildman–Crippen LogP) is 1.57. The Labute approximate surface area is 114 Å². The first-order valence-electron chi connectivity index (χ1n) is 5.30. The van der Waals surface area contributed by atoms with Crippen LogP contribution in [-0.2, 0) is 10.0 Å². The lowest BCUT2D eigenvalue weighted by Gasteiger charge is -2.22. The van der Waals surface area contributed by atoms with E-state index in [-0.39, 0.29) is 15.8 Å². The van der Waals surface area contributed by atoms with Gasteiger partial charge in [-0.3, -0.25) is 0 Å². The molecule has 1 saturated heterocycles. The molecule has 1 atom stereocenters. The average Bonchev–Trinajstić information content (AvgIpc) is 2.99. The zero-order chi connectivity index (χ0) is 13.3. The second-order valence-electron chi connectivity index (χ2n) is 3.99. The second-order valence-corrected chi connectivity index (χ2v) is 8.05. The van der Waals surface area contributed by atoms with Crippen molar-refractivity contribution in [1.29, 1.82) is 0 Å². The van der Waals surface area contributed by atoms with Gasteiger partial charge in [0.25, 0.3) is 0 Å². The fourth-order valence-corrected chi connectivity index (χ4v) is 5.58. The highest BCUT2D eigenvalue weighted by Crippen LogP contribution is 2.28. The van der Waals surface area contributed by atoms with Crippen molar-refractivity contribution in [3.8, 4) is 0 Å². The lowest BCUT2D eigenvalue weighted by Crippen LogP contribution is -2.36. The number of hydrogen-bond donors (Lipinski definition) is 1. The molecule has 0 bridgehead atoms. The van der Waals surface area contributed by atoms with E-state index in [1.807, 2.05) is 0 Å². The minimum atomic E-state index is -3.57. The first kappa shape index (κ1) is 13.9. The Balaban J connectivity index is 2.26. The van der Waals surface area contributed by atoms with Gasteiger partial charge in [-0.1, -0.05) is 0 Å². The van der Waals surface area contributed by atoms with Gasteiger partial charge < -0.3 is 5.11 Å². The third-order valence-corrected chi connectivity index (χ3v) is 6.98. The number of rotatable bonds is 4. The van der Waals surface area contributed by atoms with Crippen LogP contribution in [0, 0.1) is 0 Å². The summed E-state index contributed by atoms with van der Waals surface area (Å²) in [6, 6.07) is 1.23. The smallest absolute Gasteiger partial charge is 0.345 e. The monoisotopic (exact) mass is 307 g/mol. The van der Waals surface area contributed by atoms with Gasteiger partial charge in [0.1, 0.15) is 4.88 Å². The van der Waals surface area contributed by atoms with Crippen LogP contribution in [0.3, 0.4) is 0 Å². The van der Waals surface area contributed by atoms with Gasteiger partial charge in [0.2, 0.25) is 10.0 Å². The van der Waals surface area contributed by atoms with E-state index in [4.69, 9.17) is 5.11 Å². The number of carboxylic acids is 1. The maximum absolute atomic E-state index is 12.3. The van der Waals surface area contributed by atoms with E-state index in [0.29, 0.717) is 0 Å². The largest absolute Gasteiger partial charge is 0.477 e. The van der Waals surface area contributed by atoms with Crippen LogP contribution in [0.2, 0.25) is 0 Å². The molecule has 8 heteroatoms. The lowest BCUT2D eigenvalue weighted by molar-refractivity contribution is 0.0702. The van der Waals surface area contributed by atoms with Crippen LogP contribution >= 0.6 is 23.1 Å². The third-order valence-electron chi connectivity index (χ3n) is 2.88. The van der Waals surface area contributed by atoms with Crippen molar-refractivity contribution in [2.24, 2.45) is 0 Å². The van der Waals surface area contributed by atoms with E-state index in [2.05, 4.69) is 0 Å². The maximum Gasteiger partial charge on any atom is 0.345 e. The van der Waals surface area contributed by atoms with Gasteiger partial charge in [0, 0.05) is 24.2 Å². The molecule has 5 nitrogen and oxygen atoms in total. The topological polar surface area (TPSA) is 74.7 Å². The number of nitrogens with zero attached hydrogens (tertiary/aromatic N) is 1. The molecule has 1 aliphatic rings. The number of carbonyl (C=O) groups is 1. The number of thiophene rings is 1. The van der Waals surface area contributed by atoms with Gasteiger partial charge in [-0.15, -0.1) is 11.3 Å². The number of aromatic carboxylic acids is 1. The van der Waals surface area contributed by atoms with E-state index in [1.165, 1.54) is 15.8 Å². The Morgan fingerprint density at radius 1 is 1.56 bits per heavy atom. The zero-order valence-corrected chi connectivity index (χ0v) is 12.1. The van der Waals surface area contributed by atoms with E-state index in [1.54, 1.807) is 18.8 Å². The molecule has 1 fully saturated rings. The Hall–Kier alpha value is -0.570. The molecule has 1 N–H and O–H groups in total. The Morgan fingerprint density at radius 2 is 2.28 bits per heavy atom. The molecule has 2 rings (SSSR count). The second kappa shape index (κ2) is 5.20. The fraction of sp³-hybridized carbons (Fsp3) is 0.500. The van der Waals surface area contributed by atoms with Gasteiger partial charge in [-0.2, -0.15) is 16.1 Å². The average molecular weight is 307 g/mol. The maximum atomic E-state index is 12.3. The molecule has 100 valence electrons. The van der Waals surface area contributed by atoms with Gasteiger partial charge in [-0.05, 0) is 18.2 Å². The highest BCUT2D eigenvalue weighted by molar-refractivity contribution is 7.99. The van der Waals surface area contributed by atoms with Crippen LogP contribution in [0.15, 0.2) is 16.3 Å². The van der Waals surface area contributed by atoms with Crippen LogP contribution < -0.4 is 0 Å². The summed E-state index contributed by atoms with van der Waals surface area (Å²) in [5.41, 5.74) is 0. The first-order chi connectivity index (χ1) is 8.43. The van der Waals surface area contributed by atoms with E-state index < -0.39 is 16.0 Å². The number of carboxylic acid groups (broad SMARTS) is 1. The van der Waals surface area contributed by atoms with Crippen molar-refractivity contribution in [3.05, 3.63) is 16.3 Å². The molecular weight excluding hydrogens is 294 g/mol. The molecule has 0 amide bonds. The molecule has 1 aromatic rings. The summed E-state index contributed by atoms with van der Waals surface area (Å²) in [6.07, 6.45) is 0.844. The third kappa shape index (κ3) is 2.56. The number of sulfonamides is 1. The van der Waals surface area contributed by atoms with Crippen molar-refractivity contribution < 1.29 is 18.3 Å².